The van der Waals surface area contributed by atoms with Crippen molar-refractivity contribution < 1.29 is 9.53 Å². The van der Waals surface area contributed by atoms with Crippen molar-refractivity contribution in [2.75, 3.05) is 6.61 Å². The molecule has 0 fully saturated rings. The van der Waals surface area contributed by atoms with E-state index in [4.69, 9.17) is 11.6 Å². The van der Waals surface area contributed by atoms with Gasteiger partial charge in [-0.05, 0) is 19.1 Å². The highest BCUT2D eigenvalue weighted by atomic mass is 35.5. The molecule has 1 aromatic carbocycles. The minimum atomic E-state index is -0.123. The van der Waals surface area contributed by atoms with Crippen molar-refractivity contribution in [3.05, 3.63) is 35.4 Å². The fraction of sp³-hybridized carbons (Fsp3) is 0.364. The molecule has 78 valence electrons. The Bertz CT molecular complexity index is 247. The monoisotopic (exact) mass is 214 g/mol. The third-order valence-electron chi connectivity index (χ3n) is 1.33. The van der Waals surface area contributed by atoms with E-state index in [2.05, 4.69) is 4.74 Å². The Labute approximate surface area is 89.8 Å². The van der Waals surface area contributed by atoms with Crippen molar-refractivity contribution >= 4 is 17.6 Å². The number of benzene rings is 1. The highest BCUT2D eigenvalue weighted by Crippen LogP contribution is 2.03. The van der Waals surface area contributed by atoms with Gasteiger partial charge in [0.15, 0.2) is 0 Å². The van der Waals surface area contributed by atoms with Gasteiger partial charge in [0.05, 0.1) is 6.61 Å². The third-order valence-corrected chi connectivity index (χ3v) is 1.58. The van der Waals surface area contributed by atoms with Crippen LogP contribution >= 0.6 is 11.6 Å². The van der Waals surface area contributed by atoms with Crippen molar-refractivity contribution in [1.82, 2.24) is 0 Å². The third kappa shape index (κ3) is 7.62. The van der Waals surface area contributed by atoms with Gasteiger partial charge < -0.3 is 4.74 Å². The van der Waals surface area contributed by atoms with Gasteiger partial charge in [-0.3, -0.25) is 4.79 Å². The maximum absolute atomic E-state index is 10.2. The predicted molar refractivity (Wildman–Crippen MR) is 58.4 cm³/mol. The van der Waals surface area contributed by atoms with Crippen LogP contribution < -0.4 is 0 Å². The summed E-state index contributed by atoms with van der Waals surface area (Å²) in [5.41, 5.74) is 0. The van der Waals surface area contributed by atoms with Crippen LogP contribution in [-0.4, -0.2) is 12.6 Å². The van der Waals surface area contributed by atoms with Gasteiger partial charge in [-0.1, -0.05) is 36.7 Å². The van der Waals surface area contributed by atoms with Gasteiger partial charge >= 0.3 is 5.97 Å². The van der Waals surface area contributed by atoms with Crippen molar-refractivity contribution in [1.29, 1.82) is 0 Å². The van der Waals surface area contributed by atoms with Crippen LogP contribution in [0.5, 0.6) is 0 Å². The Hall–Kier alpha value is -1.02. The summed E-state index contributed by atoms with van der Waals surface area (Å²) < 4.78 is 4.55. The lowest BCUT2D eigenvalue weighted by Gasteiger charge is -1.93. The van der Waals surface area contributed by atoms with Crippen LogP contribution in [0.25, 0.3) is 0 Å². The van der Waals surface area contributed by atoms with Crippen LogP contribution in [0, 0.1) is 0 Å². The number of carbonyl (C=O) groups is 1. The molecule has 3 heteroatoms. The second-order valence-corrected chi connectivity index (χ2v) is 2.89. The molecule has 0 radical (unpaired) electrons. The van der Waals surface area contributed by atoms with Gasteiger partial charge in [-0.2, -0.15) is 0 Å². The average molecular weight is 215 g/mol. The molecule has 0 aliphatic rings. The number of carbonyl (C=O) groups excluding carboxylic acids is 1. The fourth-order valence-electron chi connectivity index (χ4n) is 0.678. The molecule has 2 nitrogen and oxygen atoms in total. The fourth-order valence-corrected chi connectivity index (χ4v) is 0.823. The molecule has 0 aromatic heterocycles. The summed E-state index contributed by atoms with van der Waals surface area (Å²) in [6.45, 7) is 4.07. The molecular formula is C11H15ClO2. The van der Waals surface area contributed by atoms with E-state index in [1.165, 1.54) is 0 Å². The van der Waals surface area contributed by atoms with Gasteiger partial charge in [0.2, 0.25) is 0 Å². The first kappa shape index (κ1) is 13.0. The Balaban J connectivity index is 0.000000241. The SMILES string of the molecule is CCOC(=O)CC.Clc1ccccc1. The summed E-state index contributed by atoms with van der Waals surface area (Å²) in [5, 5.41) is 0.794. The molecule has 1 aromatic rings. The molecule has 14 heavy (non-hydrogen) atoms. The van der Waals surface area contributed by atoms with E-state index in [1.807, 2.05) is 30.3 Å². The van der Waals surface area contributed by atoms with Crippen molar-refractivity contribution in [3.63, 3.8) is 0 Å². The smallest absolute Gasteiger partial charge is 0.305 e. The second-order valence-electron chi connectivity index (χ2n) is 2.45. The van der Waals surface area contributed by atoms with Crippen molar-refractivity contribution in [2.45, 2.75) is 20.3 Å². The van der Waals surface area contributed by atoms with Crippen LogP contribution in [0.1, 0.15) is 20.3 Å². The van der Waals surface area contributed by atoms with Crippen LogP contribution in [0.2, 0.25) is 5.02 Å². The number of hydrogen-bond acceptors (Lipinski definition) is 2. The number of halogens is 1. The molecule has 0 aliphatic heterocycles. The normalized spacial score (nSPS) is 8.50. The van der Waals surface area contributed by atoms with Crippen molar-refractivity contribution in [2.24, 2.45) is 0 Å². The number of hydrogen-bond donors (Lipinski definition) is 0. The molecule has 0 saturated heterocycles. The van der Waals surface area contributed by atoms with E-state index in [9.17, 15) is 4.79 Å². The van der Waals surface area contributed by atoms with E-state index in [1.54, 1.807) is 13.8 Å². The predicted octanol–water partition coefficient (Wildman–Crippen LogP) is 3.30. The summed E-state index contributed by atoms with van der Waals surface area (Å²) >= 11 is 5.54. The maximum Gasteiger partial charge on any atom is 0.305 e. The molecule has 0 heterocycles. The lowest BCUT2D eigenvalue weighted by atomic mass is 10.4. The first-order valence-electron chi connectivity index (χ1n) is 4.56. The number of ether oxygens (including phenoxy) is 1. The topological polar surface area (TPSA) is 26.3 Å². The first-order chi connectivity index (χ1) is 6.70. The zero-order valence-corrected chi connectivity index (χ0v) is 9.25. The highest BCUT2D eigenvalue weighted by Gasteiger charge is 1.91. The van der Waals surface area contributed by atoms with Gasteiger partial charge in [0, 0.05) is 11.4 Å². The van der Waals surface area contributed by atoms with Crippen LogP contribution in [0.3, 0.4) is 0 Å². The largest absolute Gasteiger partial charge is 0.466 e. The highest BCUT2D eigenvalue weighted by molar-refractivity contribution is 6.30. The second kappa shape index (κ2) is 8.57. The van der Waals surface area contributed by atoms with Gasteiger partial charge in [0.25, 0.3) is 0 Å². The van der Waals surface area contributed by atoms with Crippen molar-refractivity contribution in [3.8, 4) is 0 Å². The van der Waals surface area contributed by atoms with Gasteiger partial charge in [-0.15, -0.1) is 0 Å². The molecule has 0 amide bonds. The molecule has 0 atom stereocenters. The summed E-state index contributed by atoms with van der Waals surface area (Å²) in [6.07, 6.45) is 0.480. The van der Waals surface area contributed by atoms with Crippen LogP contribution in [0.4, 0.5) is 0 Å². The Morgan fingerprint density at radius 2 is 1.86 bits per heavy atom. The first-order valence-corrected chi connectivity index (χ1v) is 4.94. The van der Waals surface area contributed by atoms with E-state index in [0.29, 0.717) is 13.0 Å². The molecular weight excluding hydrogens is 200 g/mol. The molecule has 0 aliphatic carbocycles. The summed E-state index contributed by atoms with van der Waals surface area (Å²) in [4.78, 5) is 10.2. The lowest BCUT2D eigenvalue weighted by molar-refractivity contribution is -0.142. The average Bonchev–Trinajstić information content (AvgIpc) is 2.20. The standard InChI is InChI=1S/C6H5Cl.C5H10O2/c7-6-4-2-1-3-5-6;1-3-5(6)7-4-2/h1-5H;3-4H2,1-2H3. The number of esters is 1. The van der Waals surface area contributed by atoms with E-state index in [0.717, 1.165) is 5.02 Å². The van der Waals surface area contributed by atoms with Gasteiger partial charge in [0.1, 0.15) is 0 Å². The molecule has 0 unspecified atom stereocenters. The zero-order chi connectivity index (χ0) is 10.8. The van der Waals surface area contributed by atoms with E-state index >= 15 is 0 Å². The Kier molecular flexibility index (Phi) is 7.95. The summed E-state index contributed by atoms with van der Waals surface area (Å²) in [6, 6.07) is 9.44. The molecule has 0 N–H and O–H groups in total. The van der Waals surface area contributed by atoms with Crippen LogP contribution in [-0.2, 0) is 9.53 Å². The molecule has 0 bridgehead atoms. The molecule has 0 spiro atoms. The minimum Gasteiger partial charge on any atom is -0.466 e. The minimum absolute atomic E-state index is 0.123. The van der Waals surface area contributed by atoms with Crippen LogP contribution in [0.15, 0.2) is 30.3 Å². The maximum atomic E-state index is 10.2. The summed E-state index contributed by atoms with van der Waals surface area (Å²) in [7, 11) is 0. The zero-order valence-electron chi connectivity index (χ0n) is 8.50. The Morgan fingerprint density at radius 3 is 2.07 bits per heavy atom. The Morgan fingerprint density at radius 1 is 1.29 bits per heavy atom. The quantitative estimate of drug-likeness (QED) is 0.707. The van der Waals surface area contributed by atoms with E-state index < -0.39 is 0 Å². The van der Waals surface area contributed by atoms with Gasteiger partial charge in [-0.25, -0.2) is 0 Å². The molecule has 0 saturated carbocycles. The molecule has 1 rings (SSSR count). The summed E-state index contributed by atoms with van der Waals surface area (Å²) in [5.74, 6) is -0.123. The van der Waals surface area contributed by atoms with E-state index in [-0.39, 0.29) is 5.97 Å². The number of rotatable bonds is 2. The lowest BCUT2D eigenvalue weighted by Crippen LogP contribution is -2.00.